The first kappa shape index (κ1) is 13.1. The van der Waals surface area contributed by atoms with E-state index in [1.54, 1.807) is 23.5 Å². The van der Waals surface area contributed by atoms with Crippen LogP contribution in [0.1, 0.15) is 11.7 Å². The summed E-state index contributed by atoms with van der Waals surface area (Å²) in [6.07, 6.45) is -2.91. The summed E-state index contributed by atoms with van der Waals surface area (Å²) in [6, 6.07) is 13.4. The zero-order valence-electron chi connectivity index (χ0n) is 10.5. The topological polar surface area (TPSA) is 83.6 Å². The van der Waals surface area contributed by atoms with Gasteiger partial charge in [-0.2, -0.15) is 0 Å². The maximum Gasteiger partial charge on any atom is 0.249 e. The van der Waals surface area contributed by atoms with Crippen molar-refractivity contribution in [1.29, 1.82) is 0 Å². The molecule has 0 saturated carbocycles. The van der Waals surface area contributed by atoms with E-state index < -0.39 is 18.1 Å². The summed E-state index contributed by atoms with van der Waals surface area (Å²) in [6.45, 7) is 0. The second kappa shape index (κ2) is 4.86. The van der Waals surface area contributed by atoms with E-state index >= 15 is 0 Å². The Morgan fingerprint density at radius 1 is 1.05 bits per heavy atom. The molecule has 3 rings (SSSR count). The smallest absolute Gasteiger partial charge is 0.249 e. The highest BCUT2D eigenvalue weighted by molar-refractivity contribution is 7.25. The lowest BCUT2D eigenvalue weighted by Crippen LogP contribution is -2.33. The fourth-order valence-electron chi connectivity index (χ4n) is 2.27. The van der Waals surface area contributed by atoms with Crippen molar-refractivity contribution in [2.45, 2.75) is 12.2 Å². The standard InChI is InChI=1S/C15H13NO3S/c16-15(19)14(18)13(17)8-5-6-12-10(7-8)9-3-1-2-4-11(9)20-12/h1-7,13-14,17-18H,(H2,16,19). The average molecular weight is 287 g/mol. The van der Waals surface area contributed by atoms with Crippen molar-refractivity contribution in [3.63, 3.8) is 0 Å². The Hall–Kier alpha value is -1.95. The number of rotatable bonds is 3. The molecule has 0 aliphatic carbocycles. The van der Waals surface area contributed by atoms with Crippen molar-refractivity contribution in [2.75, 3.05) is 0 Å². The van der Waals surface area contributed by atoms with Gasteiger partial charge in [0.2, 0.25) is 5.91 Å². The van der Waals surface area contributed by atoms with Gasteiger partial charge in [-0.3, -0.25) is 4.79 Å². The number of hydrogen-bond donors (Lipinski definition) is 3. The number of aliphatic hydroxyl groups is 2. The van der Waals surface area contributed by atoms with Crippen LogP contribution < -0.4 is 5.73 Å². The molecule has 0 bridgehead atoms. The Morgan fingerprint density at radius 2 is 1.75 bits per heavy atom. The lowest BCUT2D eigenvalue weighted by Gasteiger charge is -2.15. The van der Waals surface area contributed by atoms with Crippen molar-refractivity contribution < 1.29 is 15.0 Å². The molecule has 20 heavy (non-hydrogen) atoms. The molecule has 0 aliphatic heterocycles. The number of hydrogen-bond acceptors (Lipinski definition) is 4. The van der Waals surface area contributed by atoms with Crippen LogP contribution in [0.4, 0.5) is 0 Å². The van der Waals surface area contributed by atoms with Gasteiger partial charge in [0.25, 0.3) is 0 Å². The summed E-state index contributed by atoms with van der Waals surface area (Å²) in [5.41, 5.74) is 5.49. The van der Waals surface area contributed by atoms with Gasteiger partial charge >= 0.3 is 0 Å². The number of primary amides is 1. The normalized spacial score (nSPS) is 14.5. The van der Waals surface area contributed by atoms with Gasteiger partial charge in [-0.05, 0) is 23.8 Å². The molecule has 2 unspecified atom stereocenters. The Balaban J connectivity index is 2.14. The fourth-order valence-corrected chi connectivity index (χ4v) is 3.35. The maximum atomic E-state index is 11.0. The molecule has 4 nitrogen and oxygen atoms in total. The van der Waals surface area contributed by atoms with Gasteiger partial charge in [-0.1, -0.05) is 24.3 Å². The van der Waals surface area contributed by atoms with Crippen molar-refractivity contribution in [2.24, 2.45) is 5.73 Å². The van der Waals surface area contributed by atoms with Crippen molar-refractivity contribution >= 4 is 37.4 Å². The van der Waals surface area contributed by atoms with E-state index in [4.69, 9.17) is 5.73 Å². The summed E-state index contributed by atoms with van der Waals surface area (Å²) >= 11 is 1.66. The third-order valence-electron chi connectivity index (χ3n) is 3.33. The molecule has 0 saturated heterocycles. The van der Waals surface area contributed by atoms with E-state index in [1.807, 2.05) is 30.3 Å². The molecular weight excluding hydrogens is 274 g/mol. The minimum atomic E-state index is -1.60. The minimum absolute atomic E-state index is 0.479. The van der Waals surface area contributed by atoms with Gasteiger partial charge in [0.15, 0.2) is 6.10 Å². The van der Waals surface area contributed by atoms with Crippen LogP contribution in [-0.2, 0) is 4.79 Å². The number of carbonyl (C=O) groups is 1. The molecule has 5 heteroatoms. The van der Waals surface area contributed by atoms with Crippen molar-refractivity contribution in [1.82, 2.24) is 0 Å². The molecule has 0 fully saturated rings. The number of aliphatic hydroxyl groups excluding tert-OH is 2. The summed E-state index contributed by atoms with van der Waals surface area (Å²) in [4.78, 5) is 11.0. The van der Waals surface area contributed by atoms with E-state index in [1.165, 1.54) is 0 Å². The van der Waals surface area contributed by atoms with Crippen LogP contribution in [0.3, 0.4) is 0 Å². The Kier molecular flexibility index (Phi) is 3.17. The summed E-state index contributed by atoms with van der Waals surface area (Å²) in [5.74, 6) is -0.937. The first-order valence-electron chi connectivity index (χ1n) is 6.14. The molecule has 1 amide bonds. The van der Waals surface area contributed by atoms with E-state index in [-0.39, 0.29) is 0 Å². The van der Waals surface area contributed by atoms with Crippen molar-refractivity contribution in [3.05, 3.63) is 48.0 Å². The molecule has 4 N–H and O–H groups in total. The largest absolute Gasteiger partial charge is 0.385 e. The molecular formula is C15H13NO3S. The van der Waals surface area contributed by atoms with E-state index in [9.17, 15) is 15.0 Å². The van der Waals surface area contributed by atoms with Crippen LogP contribution in [-0.4, -0.2) is 22.2 Å². The zero-order chi connectivity index (χ0) is 14.3. The van der Waals surface area contributed by atoms with Crippen LogP contribution >= 0.6 is 11.3 Å². The number of benzene rings is 2. The zero-order valence-corrected chi connectivity index (χ0v) is 11.3. The van der Waals surface area contributed by atoms with E-state index in [0.29, 0.717) is 5.56 Å². The number of amides is 1. The molecule has 0 spiro atoms. The van der Waals surface area contributed by atoms with Gasteiger partial charge in [-0.25, -0.2) is 0 Å². The van der Waals surface area contributed by atoms with Gasteiger partial charge in [0, 0.05) is 20.2 Å². The molecule has 0 radical (unpaired) electrons. The summed E-state index contributed by atoms with van der Waals surface area (Å²) < 4.78 is 2.25. The van der Waals surface area contributed by atoms with Crippen LogP contribution in [0, 0.1) is 0 Å². The van der Waals surface area contributed by atoms with Gasteiger partial charge < -0.3 is 15.9 Å². The molecule has 2 atom stereocenters. The second-order valence-corrected chi connectivity index (χ2v) is 5.73. The predicted octanol–water partition coefficient (Wildman–Crippen LogP) is 1.93. The van der Waals surface area contributed by atoms with Crippen LogP contribution in [0.2, 0.25) is 0 Å². The Labute approximate surface area is 119 Å². The van der Waals surface area contributed by atoms with Crippen LogP contribution in [0.5, 0.6) is 0 Å². The monoisotopic (exact) mass is 287 g/mol. The van der Waals surface area contributed by atoms with Gasteiger partial charge in [0.1, 0.15) is 6.10 Å². The Bertz CT molecular complexity index is 796. The van der Waals surface area contributed by atoms with Crippen LogP contribution in [0.25, 0.3) is 20.2 Å². The SMILES string of the molecule is NC(=O)C(O)C(O)c1ccc2sc3ccccc3c2c1. The molecule has 1 aromatic heterocycles. The highest BCUT2D eigenvalue weighted by Gasteiger charge is 2.23. The fraction of sp³-hybridized carbons (Fsp3) is 0.133. The highest BCUT2D eigenvalue weighted by atomic mass is 32.1. The molecule has 3 aromatic rings. The van der Waals surface area contributed by atoms with Gasteiger partial charge in [-0.15, -0.1) is 11.3 Å². The number of thiophene rings is 1. The quantitative estimate of drug-likeness (QED) is 0.688. The minimum Gasteiger partial charge on any atom is -0.385 e. The number of nitrogens with two attached hydrogens (primary N) is 1. The van der Waals surface area contributed by atoms with E-state index in [2.05, 4.69) is 0 Å². The second-order valence-electron chi connectivity index (χ2n) is 4.65. The first-order chi connectivity index (χ1) is 9.58. The number of fused-ring (bicyclic) bond motifs is 3. The van der Waals surface area contributed by atoms with Crippen LogP contribution in [0.15, 0.2) is 42.5 Å². The van der Waals surface area contributed by atoms with Gasteiger partial charge in [0.05, 0.1) is 0 Å². The lowest BCUT2D eigenvalue weighted by atomic mass is 10.0. The van der Waals surface area contributed by atoms with E-state index in [0.717, 1.165) is 20.2 Å². The summed E-state index contributed by atoms with van der Waals surface area (Å²) in [7, 11) is 0. The maximum absolute atomic E-state index is 11.0. The van der Waals surface area contributed by atoms with Crippen molar-refractivity contribution in [3.8, 4) is 0 Å². The molecule has 102 valence electrons. The first-order valence-corrected chi connectivity index (χ1v) is 6.96. The summed E-state index contributed by atoms with van der Waals surface area (Å²) in [5, 5.41) is 21.6. The lowest BCUT2D eigenvalue weighted by molar-refractivity contribution is -0.131. The molecule has 1 heterocycles. The molecule has 0 aliphatic rings. The molecule has 2 aromatic carbocycles. The number of carbonyl (C=O) groups excluding carboxylic acids is 1. The average Bonchev–Trinajstić information content (AvgIpc) is 2.83. The predicted molar refractivity (Wildman–Crippen MR) is 79.5 cm³/mol. The third kappa shape index (κ3) is 2.06. The third-order valence-corrected chi connectivity index (χ3v) is 4.48. The highest BCUT2D eigenvalue weighted by Crippen LogP contribution is 2.35. The Morgan fingerprint density at radius 3 is 2.50 bits per heavy atom.